The Hall–Kier alpha value is -2.89. The van der Waals surface area contributed by atoms with Crippen LogP contribution in [0.25, 0.3) is 12.2 Å². The Morgan fingerprint density at radius 3 is 1.49 bits per heavy atom. The molecule has 5 nitrogen and oxygen atoms in total. The van der Waals surface area contributed by atoms with Gasteiger partial charge in [0, 0.05) is 35.4 Å². The average molecular weight is 501 g/mol. The van der Waals surface area contributed by atoms with Gasteiger partial charge in [-0.05, 0) is 119 Å². The van der Waals surface area contributed by atoms with E-state index in [1.54, 1.807) is 12.1 Å². The number of likely N-dealkylation sites (tertiary alicyclic amines) is 2. The number of benzene rings is 2. The summed E-state index contributed by atoms with van der Waals surface area (Å²) in [6.45, 7) is 5.82. The molecule has 5 heteroatoms. The van der Waals surface area contributed by atoms with E-state index in [-0.39, 0.29) is 5.78 Å². The second-order valence-electron chi connectivity index (χ2n) is 11.0. The zero-order chi connectivity index (χ0) is 25.6. The van der Waals surface area contributed by atoms with Crippen molar-refractivity contribution in [2.75, 3.05) is 26.2 Å². The summed E-state index contributed by atoms with van der Waals surface area (Å²) in [5.74, 6) is 0.773. The molecule has 37 heavy (non-hydrogen) atoms. The van der Waals surface area contributed by atoms with Gasteiger partial charge in [0.25, 0.3) is 0 Å². The fourth-order valence-corrected chi connectivity index (χ4v) is 5.94. The Labute approximate surface area is 221 Å². The zero-order valence-electron chi connectivity index (χ0n) is 21.9. The second-order valence-corrected chi connectivity index (χ2v) is 11.0. The molecule has 0 atom stereocenters. The summed E-state index contributed by atoms with van der Waals surface area (Å²) >= 11 is 0. The third-order valence-electron chi connectivity index (χ3n) is 8.05. The van der Waals surface area contributed by atoms with Gasteiger partial charge >= 0.3 is 0 Å². The lowest BCUT2D eigenvalue weighted by Gasteiger charge is -2.26. The van der Waals surface area contributed by atoms with Gasteiger partial charge in [0.2, 0.25) is 0 Å². The van der Waals surface area contributed by atoms with Gasteiger partial charge < -0.3 is 10.2 Å². The summed E-state index contributed by atoms with van der Waals surface area (Å²) in [5.41, 5.74) is 5.48. The van der Waals surface area contributed by atoms with Crippen LogP contribution < -0.4 is 0 Å². The van der Waals surface area contributed by atoms with Crippen LogP contribution in [-0.4, -0.2) is 52.0 Å². The van der Waals surface area contributed by atoms with Crippen molar-refractivity contribution in [1.29, 1.82) is 0 Å². The van der Waals surface area contributed by atoms with Crippen LogP contribution in [0.3, 0.4) is 0 Å². The van der Waals surface area contributed by atoms with E-state index >= 15 is 0 Å². The van der Waals surface area contributed by atoms with Crippen LogP contribution in [0.1, 0.15) is 80.0 Å². The van der Waals surface area contributed by atoms with E-state index < -0.39 is 0 Å². The van der Waals surface area contributed by atoms with E-state index in [2.05, 4.69) is 9.80 Å². The Kier molecular flexibility index (Phi) is 8.42. The number of hydrogen-bond donors (Lipinski definition) is 2. The summed E-state index contributed by atoms with van der Waals surface area (Å²) < 4.78 is 0. The third kappa shape index (κ3) is 6.71. The van der Waals surface area contributed by atoms with Crippen LogP contribution in [0.2, 0.25) is 0 Å². The molecule has 0 radical (unpaired) electrons. The van der Waals surface area contributed by atoms with Crippen LogP contribution in [0.15, 0.2) is 47.5 Å². The molecule has 1 saturated carbocycles. The summed E-state index contributed by atoms with van der Waals surface area (Å²) in [7, 11) is 0. The van der Waals surface area contributed by atoms with Crippen molar-refractivity contribution < 1.29 is 15.0 Å². The minimum Gasteiger partial charge on any atom is -0.508 e. The number of nitrogens with zero attached hydrogens (tertiary/aromatic N) is 2. The fraction of sp³-hybridized carbons (Fsp3) is 0.469. The molecule has 1 aliphatic carbocycles. The highest BCUT2D eigenvalue weighted by Crippen LogP contribution is 2.31. The number of piperidine rings is 2. The summed E-state index contributed by atoms with van der Waals surface area (Å²) in [4.78, 5) is 18.2. The predicted molar refractivity (Wildman–Crippen MR) is 149 cm³/mol. The lowest BCUT2D eigenvalue weighted by Crippen LogP contribution is -2.29. The van der Waals surface area contributed by atoms with Gasteiger partial charge in [-0.15, -0.1) is 0 Å². The van der Waals surface area contributed by atoms with E-state index in [1.807, 2.05) is 36.4 Å². The SMILES string of the molecule is O=C1/C(=C/c2ccc(O)c(CN3CCCCC3)c2)CCC/C1=C\c1ccc(O)c(CN2CCCCC2)c1. The molecule has 0 aromatic heterocycles. The molecular weight excluding hydrogens is 460 g/mol. The number of hydrogen-bond acceptors (Lipinski definition) is 5. The lowest BCUT2D eigenvalue weighted by atomic mass is 9.86. The Bertz CT molecular complexity index is 1080. The van der Waals surface area contributed by atoms with Crippen LogP contribution in [0.5, 0.6) is 11.5 Å². The number of Topliss-reactive ketones (excluding diaryl/α,β-unsaturated/α-hetero) is 1. The summed E-state index contributed by atoms with van der Waals surface area (Å²) in [6, 6.07) is 11.4. The van der Waals surface area contributed by atoms with Crippen molar-refractivity contribution in [2.24, 2.45) is 0 Å². The van der Waals surface area contributed by atoms with Crippen molar-refractivity contribution >= 4 is 17.9 Å². The fourth-order valence-electron chi connectivity index (χ4n) is 5.94. The molecule has 0 bridgehead atoms. The quantitative estimate of drug-likeness (QED) is 0.457. The van der Waals surface area contributed by atoms with Crippen LogP contribution in [0, 0.1) is 0 Å². The molecule has 2 saturated heterocycles. The normalized spacial score (nSPS) is 22.1. The van der Waals surface area contributed by atoms with Gasteiger partial charge in [-0.2, -0.15) is 0 Å². The number of aromatic hydroxyl groups is 2. The average Bonchev–Trinajstić information content (AvgIpc) is 2.91. The van der Waals surface area contributed by atoms with Gasteiger partial charge in [-0.1, -0.05) is 25.0 Å². The summed E-state index contributed by atoms with van der Waals surface area (Å²) in [6.07, 6.45) is 13.9. The third-order valence-corrected chi connectivity index (χ3v) is 8.05. The first-order valence-electron chi connectivity index (χ1n) is 14.1. The van der Waals surface area contributed by atoms with Gasteiger partial charge in [0.05, 0.1) is 0 Å². The molecule has 5 rings (SSSR count). The largest absolute Gasteiger partial charge is 0.508 e. The molecule has 2 aromatic carbocycles. The molecule has 2 aromatic rings. The first-order chi connectivity index (χ1) is 18.0. The molecule has 0 spiro atoms. The predicted octanol–water partition coefficient (Wildman–Crippen LogP) is 6.29. The van der Waals surface area contributed by atoms with E-state index in [9.17, 15) is 15.0 Å². The number of phenolic OH excluding ortho intramolecular Hbond substituents is 2. The molecule has 3 aliphatic rings. The molecule has 3 fully saturated rings. The van der Waals surface area contributed by atoms with Crippen molar-refractivity contribution in [2.45, 2.75) is 70.9 Å². The topological polar surface area (TPSA) is 64.0 Å². The molecule has 0 unspecified atom stereocenters. The monoisotopic (exact) mass is 500 g/mol. The lowest BCUT2D eigenvalue weighted by molar-refractivity contribution is -0.112. The maximum atomic E-state index is 13.4. The van der Waals surface area contributed by atoms with Gasteiger partial charge in [-0.25, -0.2) is 0 Å². The highest BCUT2D eigenvalue weighted by Gasteiger charge is 2.21. The van der Waals surface area contributed by atoms with Crippen LogP contribution >= 0.6 is 0 Å². The molecule has 196 valence electrons. The van der Waals surface area contributed by atoms with Crippen molar-refractivity contribution in [3.8, 4) is 11.5 Å². The standard InChI is InChI=1S/C32H40N2O3/c35-30-12-10-24(20-28(30)22-33-14-3-1-4-15-33)18-26-8-7-9-27(32(26)37)19-25-11-13-31(36)29(21-25)23-34-16-5-2-6-17-34/h10-13,18-21,35-36H,1-9,14-17,22-23H2/b26-18+,27-19+. The molecule has 2 N–H and O–H groups in total. The molecule has 0 amide bonds. The number of carbonyl (C=O) groups is 1. The first-order valence-corrected chi connectivity index (χ1v) is 14.1. The second kappa shape index (κ2) is 12.1. The minimum absolute atomic E-state index is 0.113. The van der Waals surface area contributed by atoms with Crippen molar-refractivity contribution in [1.82, 2.24) is 9.80 Å². The van der Waals surface area contributed by atoms with E-state index in [0.29, 0.717) is 11.5 Å². The van der Waals surface area contributed by atoms with Crippen molar-refractivity contribution in [3.05, 3.63) is 69.8 Å². The maximum Gasteiger partial charge on any atom is 0.185 e. The Morgan fingerprint density at radius 1 is 0.622 bits per heavy atom. The summed E-state index contributed by atoms with van der Waals surface area (Å²) in [5, 5.41) is 20.9. The Morgan fingerprint density at radius 2 is 1.05 bits per heavy atom. The number of allylic oxidation sites excluding steroid dienone is 2. The molecular formula is C32H40N2O3. The smallest absolute Gasteiger partial charge is 0.185 e. The van der Waals surface area contributed by atoms with Crippen molar-refractivity contribution in [3.63, 3.8) is 0 Å². The highest BCUT2D eigenvalue weighted by atomic mass is 16.3. The zero-order valence-corrected chi connectivity index (χ0v) is 21.9. The van der Waals surface area contributed by atoms with Crippen LogP contribution in [-0.2, 0) is 17.9 Å². The van der Waals surface area contributed by atoms with Gasteiger partial charge in [0.1, 0.15) is 11.5 Å². The molecule has 2 aliphatic heterocycles. The van der Waals surface area contributed by atoms with E-state index in [4.69, 9.17) is 0 Å². The minimum atomic E-state index is 0.113. The van der Waals surface area contributed by atoms with Gasteiger partial charge in [0.15, 0.2) is 5.78 Å². The van der Waals surface area contributed by atoms with Gasteiger partial charge in [-0.3, -0.25) is 14.6 Å². The molecule has 2 heterocycles. The number of phenols is 2. The number of ketones is 1. The maximum absolute atomic E-state index is 13.4. The number of rotatable bonds is 6. The van der Waals surface area contributed by atoms with Crippen LogP contribution in [0.4, 0.5) is 0 Å². The highest BCUT2D eigenvalue weighted by molar-refractivity contribution is 6.14. The van der Waals surface area contributed by atoms with E-state index in [0.717, 1.165) is 91.9 Å². The van der Waals surface area contributed by atoms with E-state index in [1.165, 1.54) is 38.5 Å². The first kappa shape index (κ1) is 25.7. The number of carbonyl (C=O) groups excluding carboxylic acids is 1. The Balaban J connectivity index is 1.32.